The van der Waals surface area contributed by atoms with Gasteiger partial charge < -0.3 is 5.32 Å². The molecular formula is C23H27ClN4O4S2. The van der Waals surface area contributed by atoms with Gasteiger partial charge in [0.15, 0.2) is 9.84 Å². The highest BCUT2D eigenvalue weighted by Gasteiger charge is 2.32. The zero-order valence-corrected chi connectivity index (χ0v) is 21.7. The second-order valence-corrected chi connectivity index (χ2v) is 13.8. The molecule has 4 rings (SSSR count). The fraction of sp³-hybridized carbons (Fsp3) is 0.348. The summed E-state index contributed by atoms with van der Waals surface area (Å²) in [5, 5.41) is 7.26. The fourth-order valence-corrected chi connectivity index (χ4v) is 6.40. The van der Waals surface area contributed by atoms with Crippen LogP contribution in [0.5, 0.6) is 0 Å². The topological polar surface area (TPSA) is 110 Å². The van der Waals surface area contributed by atoms with E-state index in [1.807, 2.05) is 0 Å². The van der Waals surface area contributed by atoms with Crippen molar-refractivity contribution < 1.29 is 16.8 Å². The van der Waals surface area contributed by atoms with E-state index in [9.17, 15) is 16.8 Å². The van der Waals surface area contributed by atoms with E-state index in [1.54, 1.807) is 42.5 Å². The van der Waals surface area contributed by atoms with Crippen LogP contribution < -0.4 is 10.0 Å². The molecule has 0 aliphatic carbocycles. The first kappa shape index (κ1) is 24.6. The normalized spacial score (nSPS) is 16.6. The van der Waals surface area contributed by atoms with Gasteiger partial charge in [-0.1, -0.05) is 44.5 Å². The molecule has 1 aromatic heterocycles. The van der Waals surface area contributed by atoms with Crippen LogP contribution in [0, 0.1) is 0 Å². The van der Waals surface area contributed by atoms with Gasteiger partial charge in [0.2, 0.25) is 0 Å². The van der Waals surface area contributed by atoms with E-state index in [2.05, 4.69) is 35.9 Å². The molecule has 0 bridgehead atoms. The number of halogens is 1. The second-order valence-electron chi connectivity index (χ2n) is 9.44. The molecule has 0 saturated heterocycles. The van der Waals surface area contributed by atoms with Gasteiger partial charge in [0, 0.05) is 23.4 Å². The van der Waals surface area contributed by atoms with Crippen LogP contribution in [-0.4, -0.2) is 39.4 Å². The Hall–Kier alpha value is -2.56. The molecule has 0 radical (unpaired) electrons. The summed E-state index contributed by atoms with van der Waals surface area (Å²) in [7, 11) is -7.24. The maximum Gasteiger partial charge on any atom is 0.261 e. The zero-order valence-electron chi connectivity index (χ0n) is 19.3. The minimum atomic E-state index is -3.91. The third kappa shape index (κ3) is 4.80. The Morgan fingerprint density at radius 3 is 2.38 bits per heavy atom. The summed E-state index contributed by atoms with van der Waals surface area (Å²) in [6, 6.07) is 11.5. The Morgan fingerprint density at radius 1 is 1.09 bits per heavy atom. The zero-order chi connectivity index (χ0) is 24.9. The van der Waals surface area contributed by atoms with E-state index >= 15 is 0 Å². The van der Waals surface area contributed by atoms with E-state index in [-0.39, 0.29) is 16.0 Å². The van der Waals surface area contributed by atoms with Gasteiger partial charge in [0.05, 0.1) is 27.7 Å². The van der Waals surface area contributed by atoms with Crippen LogP contribution in [-0.2, 0) is 25.3 Å². The number of aromatic nitrogens is 2. The van der Waals surface area contributed by atoms with Gasteiger partial charge in [-0.15, -0.1) is 0 Å². The summed E-state index contributed by atoms with van der Waals surface area (Å²) >= 11 is 6.23. The molecule has 34 heavy (non-hydrogen) atoms. The lowest BCUT2D eigenvalue weighted by molar-refractivity contribution is 0.581. The molecule has 11 heteroatoms. The summed E-state index contributed by atoms with van der Waals surface area (Å²) in [4.78, 5) is 0.124. The lowest BCUT2D eigenvalue weighted by Crippen LogP contribution is -2.23. The molecule has 3 aromatic rings. The number of nitrogens with zero attached hydrogens (tertiary/aromatic N) is 2. The van der Waals surface area contributed by atoms with Crippen LogP contribution in [0.15, 0.2) is 53.6 Å². The number of sulfonamides is 1. The molecule has 2 heterocycles. The molecule has 1 aliphatic heterocycles. The summed E-state index contributed by atoms with van der Waals surface area (Å²) in [5.41, 5.74) is 2.10. The molecule has 1 unspecified atom stereocenters. The molecule has 2 N–H and O–H groups in total. The van der Waals surface area contributed by atoms with Gasteiger partial charge in [0.1, 0.15) is 5.82 Å². The summed E-state index contributed by atoms with van der Waals surface area (Å²) in [6.07, 6.45) is 3.13. The number of fused-ring (bicyclic) bond motifs is 1. The Morgan fingerprint density at radius 2 is 1.76 bits per heavy atom. The number of benzene rings is 2. The monoisotopic (exact) mass is 522 g/mol. The second kappa shape index (κ2) is 8.58. The van der Waals surface area contributed by atoms with Crippen molar-refractivity contribution in [2.45, 2.75) is 42.8 Å². The van der Waals surface area contributed by atoms with Crippen LogP contribution in [0.2, 0.25) is 5.02 Å². The minimum Gasteiger partial charge on any atom is -0.370 e. The molecule has 0 spiro atoms. The number of sulfone groups is 1. The fourth-order valence-electron chi connectivity index (χ4n) is 3.98. The number of hydrogen-bond donors (Lipinski definition) is 2. The van der Waals surface area contributed by atoms with Crippen LogP contribution in [0.1, 0.15) is 43.6 Å². The maximum absolute atomic E-state index is 13.2. The first-order chi connectivity index (χ1) is 15.8. The Labute approximate surface area is 205 Å². The molecule has 0 saturated carbocycles. The van der Waals surface area contributed by atoms with Gasteiger partial charge in [-0.05, 0) is 47.7 Å². The minimum absolute atomic E-state index is 0.102. The Kier molecular flexibility index (Phi) is 6.20. The molecular weight excluding hydrogens is 496 g/mol. The van der Waals surface area contributed by atoms with Gasteiger partial charge in [-0.3, -0.25) is 4.72 Å². The molecule has 1 atom stereocenters. The molecule has 2 aromatic carbocycles. The highest BCUT2D eigenvalue weighted by molar-refractivity contribution is 7.92. The summed E-state index contributed by atoms with van der Waals surface area (Å²) in [6.45, 7) is 6.61. The largest absolute Gasteiger partial charge is 0.370 e. The molecule has 1 aliphatic rings. The van der Waals surface area contributed by atoms with E-state index in [4.69, 9.17) is 11.6 Å². The SMILES string of the molecule is CC(C)(C)c1ccc(S(=O)(=O)Nc2ccc(Cl)cc2-n2ncc3c2NCCC3S(C)(=O)=O)cc1. The van der Waals surface area contributed by atoms with Gasteiger partial charge in [0.25, 0.3) is 10.0 Å². The van der Waals surface area contributed by atoms with Gasteiger partial charge in [-0.2, -0.15) is 5.10 Å². The molecule has 0 fully saturated rings. The van der Waals surface area contributed by atoms with Gasteiger partial charge >= 0.3 is 0 Å². The van der Waals surface area contributed by atoms with Crippen molar-refractivity contribution in [3.05, 3.63) is 64.8 Å². The van der Waals surface area contributed by atoms with Crippen molar-refractivity contribution in [3.63, 3.8) is 0 Å². The molecule has 182 valence electrons. The number of hydrogen-bond acceptors (Lipinski definition) is 6. The average Bonchev–Trinajstić information content (AvgIpc) is 3.17. The number of rotatable bonds is 5. The van der Waals surface area contributed by atoms with E-state index in [1.165, 1.54) is 17.1 Å². The van der Waals surface area contributed by atoms with Crippen LogP contribution >= 0.6 is 11.6 Å². The standard InChI is InChI=1S/C23H27ClN4O4S2/c1-23(2,3)15-5-8-17(9-6-15)34(31,32)27-19-10-7-16(24)13-20(19)28-22-18(14-26-28)21(11-12-25-22)33(4,29)30/h5-10,13-14,21,25,27H,11-12H2,1-4H3. The van der Waals surface area contributed by atoms with Crippen LogP contribution in [0.3, 0.4) is 0 Å². The predicted octanol–water partition coefficient (Wildman–Crippen LogP) is 4.53. The van der Waals surface area contributed by atoms with E-state index < -0.39 is 25.1 Å². The van der Waals surface area contributed by atoms with Crippen LogP contribution in [0.4, 0.5) is 11.5 Å². The highest BCUT2D eigenvalue weighted by Crippen LogP contribution is 2.38. The van der Waals surface area contributed by atoms with Crippen molar-refractivity contribution in [3.8, 4) is 5.69 Å². The number of nitrogens with one attached hydrogen (secondary N) is 2. The summed E-state index contributed by atoms with van der Waals surface area (Å²) < 4.78 is 55.0. The summed E-state index contributed by atoms with van der Waals surface area (Å²) in [5.74, 6) is 0.499. The van der Waals surface area contributed by atoms with Crippen molar-refractivity contribution >= 4 is 43.0 Å². The van der Waals surface area contributed by atoms with Gasteiger partial charge in [-0.25, -0.2) is 21.5 Å². The van der Waals surface area contributed by atoms with Crippen molar-refractivity contribution in [2.24, 2.45) is 0 Å². The Balaban J connectivity index is 1.74. The van der Waals surface area contributed by atoms with Crippen molar-refractivity contribution in [1.29, 1.82) is 0 Å². The lowest BCUT2D eigenvalue weighted by atomic mass is 9.87. The van der Waals surface area contributed by atoms with E-state index in [0.29, 0.717) is 35.1 Å². The highest BCUT2D eigenvalue weighted by atomic mass is 35.5. The maximum atomic E-state index is 13.2. The smallest absolute Gasteiger partial charge is 0.261 e. The van der Waals surface area contributed by atoms with E-state index in [0.717, 1.165) is 5.56 Å². The predicted molar refractivity (Wildman–Crippen MR) is 135 cm³/mol. The quantitative estimate of drug-likeness (QED) is 0.509. The van der Waals surface area contributed by atoms with Crippen molar-refractivity contribution in [2.75, 3.05) is 22.8 Å². The number of anilines is 2. The van der Waals surface area contributed by atoms with Crippen LogP contribution in [0.25, 0.3) is 5.69 Å². The molecule has 0 amide bonds. The molecule has 8 nitrogen and oxygen atoms in total. The van der Waals surface area contributed by atoms with Crippen molar-refractivity contribution in [1.82, 2.24) is 9.78 Å². The third-order valence-corrected chi connectivity index (χ3v) is 8.96. The lowest BCUT2D eigenvalue weighted by Gasteiger charge is -2.24. The average molecular weight is 523 g/mol. The Bertz CT molecular complexity index is 1440. The third-order valence-electron chi connectivity index (χ3n) is 5.82. The first-order valence-corrected chi connectivity index (χ1v) is 14.5. The first-order valence-electron chi connectivity index (χ1n) is 10.7.